The molecule has 0 atom stereocenters. The van der Waals surface area contributed by atoms with Crippen molar-refractivity contribution in [3.8, 4) is 16.3 Å². The minimum atomic E-state index is -0.602. The Morgan fingerprint density at radius 3 is 2.53 bits per heavy atom. The summed E-state index contributed by atoms with van der Waals surface area (Å²) in [7, 11) is 1.60. The molecule has 0 saturated carbocycles. The largest absolute Gasteiger partial charge is 0.496 e. The summed E-state index contributed by atoms with van der Waals surface area (Å²) in [5.74, 6) is -0.757. The lowest BCUT2D eigenvalue weighted by molar-refractivity contribution is 0.0468. The molecule has 0 bridgehead atoms. The van der Waals surface area contributed by atoms with Crippen molar-refractivity contribution in [3.63, 3.8) is 0 Å². The van der Waals surface area contributed by atoms with Gasteiger partial charge in [0.15, 0.2) is 0 Å². The van der Waals surface area contributed by atoms with Crippen LogP contribution in [0, 0.1) is 13.8 Å². The number of fused-ring (bicyclic) bond motifs is 1. The first kappa shape index (κ1) is 23.4. The van der Waals surface area contributed by atoms with Crippen molar-refractivity contribution < 1.29 is 23.9 Å². The van der Waals surface area contributed by atoms with Gasteiger partial charge in [-0.3, -0.25) is 9.59 Å². The Morgan fingerprint density at radius 1 is 0.944 bits per heavy atom. The van der Waals surface area contributed by atoms with Crippen LogP contribution in [0.25, 0.3) is 10.6 Å². The first-order chi connectivity index (χ1) is 17.4. The average molecular weight is 499 g/mol. The van der Waals surface area contributed by atoms with E-state index in [1.165, 1.54) is 29.5 Å². The van der Waals surface area contributed by atoms with Gasteiger partial charge in [0.05, 0.1) is 40.7 Å². The highest BCUT2D eigenvalue weighted by Gasteiger charge is 2.38. The van der Waals surface area contributed by atoms with Crippen molar-refractivity contribution in [3.05, 3.63) is 99.6 Å². The summed E-state index contributed by atoms with van der Waals surface area (Å²) in [4.78, 5) is 44.6. The molecule has 8 heteroatoms. The number of methoxy groups -OCH3 is 1. The van der Waals surface area contributed by atoms with Crippen LogP contribution in [0.1, 0.15) is 47.9 Å². The Hall–Kier alpha value is -4.30. The number of esters is 1. The molecule has 0 N–H and O–H groups in total. The van der Waals surface area contributed by atoms with Crippen LogP contribution in [0.15, 0.2) is 66.0 Å². The molecule has 0 fully saturated rings. The fraction of sp³-hybridized carbons (Fsp3) is 0.143. The summed E-state index contributed by atoms with van der Waals surface area (Å²) in [5, 5.41) is 2.58. The first-order valence-electron chi connectivity index (χ1n) is 11.2. The summed E-state index contributed by atoms with van der Waals surface area (Å²) in [6.07, 6.45) is 0. The lowest BCUT2D eigenvalue weighted by atomic mass is 10.1. The monoisotopic (exact) mass is 498 g/mol. The summed E-state index contributed by atoms with van der Waals surface area (Å²) >= 11 is 1.43. The van der Waals surface area contributed by atoms with Crippen LogP contribution in [-0.4, -0.2) is 29.9 Å². The fourth-order valence-electron chi connectivity index (χ4n) is 4.09. The van der Waals surface area contributed by atoms with Gasteiger partial charge in [-0.1, -0.05) is 24.3 Å². The third-order valence-electron chi connectivity index (χ3n) is 5.97. The Kier molecular flexibility index (Phi) is 6.12. The van der Waals surface area contributed by atoms with Crippen molar-refractivity contribution in [2.45, 2.75) is 20.5 Å². The van der Waals surface area contributed by atoms with Gasteiger partial charge in [0, 0.05) is 5.38 Å². The van der Waals surface area contributed by atoms with Gasteiger partial charge in [-0.2, -0.15) is 0 Å². The maximum absolute atomic E-state index is 13.1. The molecular weight excluding hydrogens is 476 g/mol. The molecule has 36 heavy (non-hydrogen) atoms. The number of carbonyl (C=O) groups excluding carboxylic acids is 3. The Balaban J connectivity index is 1.32. The van der Waals surface area contributed by atoms with Crippen molar-refractivity contribution in [2.75, 3.05) is 12.0 Å². The second kappa shape index (κ2) is 9.39. The number of imide groups is 1. The summed E-state index contributed by atoms with van der Waals surface area (Å²) in [6, 6.07) is 17.6. The number of amides is 2. The smallest absolute Gasteiger partial charge is 0.338 e. The van der Waals surface area contributed by atoms with Gasteiger partial charge in [0.25, 0.3) is 11.8 Å². The number of nitrogens with zero attached hydrogens (tertiary/aromatic N) is 2. The number of aryl methyl sites for hydroxylation is 2. The molecule has 3 aromatic carbocycles. The first-order valence-corrected chi connectivity index (χ1v) is 12.1. The van der Waals surface area contributed by atoms with Gasteiger partial charge in [0.2, 0.25) is 0 Å². The van der Waals surface area contributed by atoms with Crippen LogP contribution in [-0.2, 0) is 11.3 Å². The maximum Gasteiger partial charge on any atom is 0.338 e. The van der Waals surface area contributed by atoms with Gasteiger partial charge in [-0.25, -0.2) is 14.7 Å². The van der Waals surface area contributed by atoms with Gasteiger partial charge < -0.3 is 9.47 Å². The van der Waals surface area contributed by atoms with Gasteiger partial charge in [-0.05, 0) is 61.4 Å². The molecule has 1 aliphatic heterocycles. The van der Waals surface area contributed by atoms with E-state index < -0.39 is 17.8 Å². The molecule has 5 rings (SSSR count). The molecule has 1 aliphatic rings. The van der Waals surface area contributed by atoms with Crippen LogP contribution < -0.4 is 9.64 Å². The molecule has 2 heterocycles. The lowest BCUT2D eigenvalue weighted by Crippen LogP contribution is -2.30. The van der Waals surface area contributed by atoms with Crippen LogP contribution >= 0.6 is 11.3 Å². The van der Waals surface area contributed by atoms with E-state index in [-0.39, 0.29) is 23.3 Å². The highest BCUT2D eigenvalue weighted by atomic mass is 32.1. The Labute approximate surface area is 211 Å². The van der Waals surface area contributed by atoms with E-state index in [9.17, 15) is 14.4 Å². The number of thiazole rings is 1. The van der Waals surface area contributed by atoms with E-state index >= 15 is 0 Å². The standard InChI is InChI=1S/C28H22N2O5S/c1-16-8-9-17(2)23(12-16)30-26(31)20-11-10-18(13-22(20)27(30)32)28(33)35-14-19-15-36-25(29-19)21-6-4-5-7-24(21)34-3/h4-13,15H,14H2,1-3H3. The molecule has 0 unspecified atom stereocenters. The molecule has 2 amide bonds. The number of anilines is 1. The van der Waals surface area contributed by atoms with Crippen molar-refractivity contribution in [1.82, 2.24) is 4.98 Å². The van der Waals surface area contributed by atoms with E-state index in [0.717, 1.165) is 26.6 Å². The third kappa shape index (κ3) is 4.16. The molecule has 1 aromatic heterocycles. The summed E-state index contributed by atoms with van der Waals surface area (Å²) < 4.78 is 10.8. The maximum atomic E-state index is 13.1. The summed E-state index contributed by atoms with van der Waals surface area (Å²) in [5.41, 5.74) is 4.39. The zero-order valence-electron chi connectivity index (χ0n) is 19.9. The number of aromatic nitrogens is 1. The van der Waals surface area contributed by atoms with Crippen molar-refractivity contribution in [2.24, 2.45) is 0 Å². The van der Waals surface area contributed by atoms with Crippen LogP contribution in [0.4, 0.5) is 5.69 Å². The SMILES string of the molecule is COc1ccccc1-c1nc(COC(=O)c2ccc3c(c2)C(=O)N(c2cc(C)ccc2C)C3=O)cs1. The van der Waals surface area contributed by atoms with Gasteiger partial charge in [0.1, 0.15) is 17.4 Å². The highest BCUT2D eigenvalue weighted by Crippen LogP contribution is 2.33. The minimum absolute atomic E-state index is 0.0247. The number of hydrogen-bond donors (Lipinski definition) is 0. The number of para-hydroxylation sites is 1. The fourth-order valence-corrected chi connectivity index (χ4v) is 4.92. The zero-order chi connectivity index (χ0) is 25.4. The average Bonchev–Trinajstić information content (AvgIpc) is 3.46. The quantitative estimate of drug-likeness (QED) is 0.254. The van der Waals surface area contributed by atoms with Crippen LogP contribution in [0.2, 0.25) is 0 Å². The number of benzene rings is 3. The Bertz CT molecular complexity index is 1520. The number of hydrogen-bond acceptors (Lipinski definition) is 7. The molecule has 0 spiro atoms. The predicted octanol–water partition coefficient (Wildman–Crippen LogP) is 5.59. The van der Waals surface area contributed by atoms with Crippen molar-refractivity contribution in [1.29, 1.82) is 0 Å². The van der Waals surface area contributed by atoms with Crippen LogP contribution in [0.5, 0.6) is 5.75 Å². The van der Waals surface area contributed by atoms with E-state index in [4.69, 9.17) is 9.47 Å². The molecule has 0 radical (unpaired) electrons. The van der Waals surface area contributed by atoms with Gasteiger partial charge >= 0.3 is 5.97 Å². The molecule has 0 aliphatic carbocycles. The number of ether oxygens (including phenoxy) is 2. The van der Waals surface area contributed by atoms with Crippen molar-refractivity contribution >= 4 is 34.8 Å². The van der Waals surface area contributed by atoms with E-state index in [1.54, 1.807) is 13.2 Å². The van der Waals surface area contributed by atoms with E-state index in [0.29, 0.717) is 17.1 Å². The Morgan fingerprint density at radius 2 is 1.72 bits per heavy atom. The van der Waals surface area contributed by atoms with E-state index in [2.05, 4.69) is 4.98 Å². The number of rotatable bonds is 6. The molecule has 0 saturated heterocycles. The molecule has 4 aromatic rings. The topological polar surface area (TPSA) is 85.8 Å². The van der Waals surface area contributed by atoms with Crippen LogP contribution in [0.3, 0.4) is 0 Å². The molecule has 180 valence electrons. The van der Waals surface area contributed by atoms with E-state index in [1.807, 2.05) is 55.6 Å². The summed E-state index contributed by atoms with van der Waals surface area (Å²) in [6.45, 7) is 3.72. The second-order valence-corrected chi connectivity index (χ2v) is 9.27. The zero-order valence-corrected chi connectivity index (χ0v) is 20.7. The van der Waals surface area contributed by atoms with Gasteiger partial charge in [-0.15, -0.1) is 11.3 Å². The molecular formula is C28H22N2O5S. The lowest BCUT2D eigenvalue weighted by Gasteiger charge is -2.17. The normalized spacial score (nSPS) is 12.6. The third-order valence-corrected chi connectivity index (χ3v) is 6.89. The molecule has 7 nitrogen and oxygen atoms in total. The predicted molar refractivity (Wildman–Crippen MR) is 137 cm³/mol. The number of carbonyl (C=O) groups is 3. The second-order valence-electron chi connectivity index (χ2n) is 8.42. The highest BCUT2D eigenvalue weighted by molar-refractivity contribution is 7.13. The minimum Gasteiger partial charge on any atom is -0.496 e.